The number of benzene rings is 1. The van der Waals surface area contributed by atoms with E-state index in [0.717, 1.165) is 5.56 Å². The van der Waals surface area contributed by atoms with Gasteiger partial charge in [0, 0.05) is 24.5 Å². The maximum absolute atomic E-state index is 13.8. The largest absolute Gasteiger partial charge is 0.491 e. The van der Waals surface area contributed by atoms with Gasteiger partial charge in [0.1, 0.15) is 25.0 Å². The fourth-order valence-electron chi connectivity index (χ4n) is 2.80. The van der Waals surface area contributed by atoms with Gasteiger partial charge in [-0.15, -0.1) is 0 Å². The van der Waals surface area contributed by atoms with Crippen LogP contribution in [0.25, 0.3) is 0 Å². The first-order chi connectivity index (χ1) is 13.4. The molecule has 0 unspecified atom stereocenters. The van der Waals surface area contributed by atoms with Crippen LogP contribution in [0.3, 0.4) is 0 Å². The van der Waals surface area contributed by atoms with Crippen LogP contribution in [0.5, 0.6) is 5.75 Å². The number of nitrogens with one attached hydrogen (secondary N) is 1. The lowest BCUT2D eigenvalue weighted by Gasteiger charge is -2.30. The van der Waals surface area contributed by atoms with Gasteiger partial charge >= 0.3 is 6.03 Å². The molecule has 1 saturated heterocycles. The van der Waals surface area contributed by atoms with Crippen molar-refractivity contribution in [2.24, 2.45) is 0 Å². The van der Waals surface area contributed by atoms with E-state index in [4.69, 9.17) is 21.1 Å². The first-order valence-corrected chi connectivity index (χ1v) is 9.02. The van der Waals surface area contributed by atoms with Gasteiger partial charge in [-0.3, -0.25) is 4.98 Å². The standard InChI is InChI=1S/C19H20ClF2N3O3/c1-25(18(26)24-17-11-27-12-19(17,21)22)16(13-6-8-23-9-7-13)10-28-15-4-2-14(20)3-5-15/h2-9,16-17H,10-12H2,1H3,(H,24,26)/t16-,17-/m1/s1. The number of hydrogen-bond donors (Lipinski definition) is 1. The molecule has 150 valence electrons. The topological polar surface area (TPSA) is 63.7 Å². The van der Waals surface area contributed by atoms with Crippen LogP contribution in [0.2, 0.25) is 5.02 Å². The van der Waals surface area contributed by atoms with Crippen molar-refractivity contribution in [2.45, 2.75) is 18.0 Å². The first-order valence-electron chi connectivity index (χ1n) is 8.64. The van der Waals surface area contributed by atoms with E-state index < -0.39 is 30.6 Å². The molecule has 1 aromatic heterocycles. The summed E-state index contributed by atoms with van der Waals surface area (Å²) in [5, 5.41) is 2.93. The molecule has 9 heteroatoms. The Hall–Kier alpha value is -2.45. The zero-order valence-corrected chi connectivity index (χ0v) is 15.9. The van der Waals surface area contributed by atoms with Gasteiger partial charge in [-0.2, -0.15) is 0 Å². The molecule has 0 saturated carbocycles. The number of amides is 2. The van der Waals surface area contributed by atoms with Gasteiger partial charge in [0.15, 0.2) is 0 Å². The molecule has 1 fully saturated rings. The number of carbonyl (C=O) groups excluding carboxylic acids is 1. The highest BCUT2D eigenvalue weighted by Crippen LogP contribution is 2.27. The highest BCUT2D eigenvalue weighted by Gasteiger charge is 2.46. The third kappa shape index (κ3) is 4.88. The zero-order chi connectivity index (χ0) is 20.1. The van der Waals surface area contributed by atoms with Gasteiger partial charge in [-0.25, -0.2) is 13.6 Å². The normalized spacial score (nSPS) is 19.1. The average Bonchev–Trinajstić information content (AvgIpc) is 3.02. The van der Waals surface area contributed by atoms with Crippen molar-refractivity contribution in [3.8, 4) is 5.75 Å². The van der Waals surface area contributed by atoms with Gasteiger partial charge in [0.05, 0.1) is 12.6 Å². The second-order valence-electron chi connectivity index (χ2n) is 6.45. The molecule has 2 amide bonds. The summed E-state index contributed by atoms with van der Waals surface area (Å²) < 4.78 is 38.1. The number of ether oxygens (including phenoxy) is 2. The smallest absolute Gasteiger partial charge is 0.318 e. The van der Waals surface area contributed by atoms with E-state index >= 15 is 0 Å². The summed E-state index contributed by atoms with van der Waals surface area (Å²) in [5.74, 6) is -2.52. The van der Waals surface area contributed by atoms with Crippen LogP contribution in [-0.4, -0.2) is 54.7 Å². The van der Waals surface area contributed by atoms with Crippen LogP contribution in [-0.2, 0) is 4.74 Å². The number of nitrogens with zero attached hydrogens (tertiary/aromatic N) is 2. The SMILES string of the molecule is CN(C(=O)N[C@@H]1COCC1(F)F)[C@H](COc1ccc(Cl)cc1)c1ccncc1. The summed E-state index contributed by atoms with van der Waals surface area (Å²) in [6, 6.07) is 7.77. The van der Waals surface area contributed by atoms with Crippen LogP contribution < -0.4 is 10.1 Å². The Morgan fingerprint density at radius 3 is 2.64 bits per heavy atom. The lowest BCUT2D eigenvalue weighted by molar-refractivity contribution is -0.0225. The van der Waals surface area contributed by atoms with Crippen molar-refractivity contribution >= 4 is 17.6 Å². The number of likely N-dealkylation sites (N-methyl/N-ethyl adjacent to an activating group) is 1. The minimum Gasteiger partial charge on any atom is -0.491 e. The summed E-state index contributed by atoms with van der Waals surface area (Å²) in [5.41, 5.74) is 0.760. The predicted molar refractivity (Wildman–Crippen MR) is 99.8 cm³/mol. The molecule has 28 heavy (non-hydrogen) atoms. The molecule has 1 N–H and O–H groups in total. The Balaban J connectivity index is 1.72. The zero-order valence-electron chi connectivity index (χ0n) is 15.1. The van der Waals surface area contributed by atoms with Crippen LogP contribution in [0.1, 0.15) is 11.6 Å². The van der Waals surface area contributed by atoms with Crippen molar-refractivity contribution in [3.05, 3.63) is 59.4 Å². The number of aromatic nitrogens is 1. The van der Waals surface area contributed by atoms with Crippen molar-refractivity contribution in [1.82, 2.24) is 15.2 Å². The van der Waals surface area contributed by atoms with Gasteiger partial charge in [-0.05, 0) is 42.0 Å². The summed E-state index contributed by atoms with van der Waals surface area (Å²) in [6.07, 6.45) is 3.19. The minimum absolute atomic E-state index is 0.118. The predicted octanol–water partition coefficient (Wildman–Crippen LogP) is 3.53. The van der Waals surface area contributed by atoms with Crippen molar-refractivity contribution in [2.75, 3.05) is 26.9 Å². The van der Waals surface area contributed by atoms with E-state index in [9.17, 15) is 13.6 Å². The van der Waals surface area contributed by atoms with Gasteiger partial charge in [0.2, 0.25) is 0 Å². The summed E-state index contributed by atoms with van der Waals surface area (Å²) in [4.78, 5) is 17.9. The number of hydrogen-bond acceptors (Lipinski definition) is 4. The van der Waals surface area contributed by atoms with E-state index in [-0.39, 0.29) is 13.2 Å². The second kappa shape index (κ2) is 8.70. The number of pyridine rings is 1. The molecule has 1 aliphatic heterocycles. The molecule has 0 radical (unpaired) electrons. The average molecular weight is 412 g/mol. The number of urea groups is 1. The molecule has 0 bridgehead atoms. The Kier molecular flexibility index (Phi) is 6.31. The quantitative estimate of drug-likeness (QED) is 0.789. The molecule has 1 aliphatic rings. The number of halogens is 3. The van der Waals surface area contributed by atoms with Crippen LogP contribution >= 0.6 is 11.6 Å². The molecule has 2 heterocycles. The van der Waals surface area contributed by atoms with Crippen molar-refractivity contribution in [1.29, 1.82) is 0 Å². The van der Waals surface area contributed by atoms with E-state index in [1.807, 2.05) is 0 Å². The van der Waals surface area contributed by atoms with E-state index in [2.05, 4.69) is 10.3 Å². The van der Waals surface area contributed by atoms with Crippen LogP contribution in [0, 0.1) is 0 Å². The molecule has 2 aromatic rings. The maximum atomic E-state index is 13.8. The molecular weight excluding hydrogens is 392 g/mol. The fraction of sp³-hybridized carbons (Fsp3) is 0.368. The van der Waals surface area contributed by atoms with Gasteiger partial charge < -0.3 is 19.7 Å². The van der Waals surface area contributed by atoms with E-state index in [0.29, 0.717) is 10.8 Å². The Morgan fingerprint density at radius 2 is 2.04 bits per heavy atom. The van der Waals surface area contributed by atoms with Gasteiger partial charge in [0.25, 0.3) is 5.92 Å². The first kappa shape index (κ1) is 20.3. The highest BCUT2D eigenvalue weighted by atomic mass is 35.5. The molecule has 6 nitrogen and oxygen atoms in total. The number of rotatable bonds is 6. The van der Waals surface area contributed by atoms with Gasteiger partial charge in [-0.1, -0.05) is 11.6 Å². The summed E-state index contributed by atoms with van der Waals surface area (Å²) in [6.45, 7) is -0.809. The van der Waals surface area contributed by atoms with Crippen molar-refractivity contribution < 1.29 is 23.0 Å². The fourth-order valence-corrected chi connectivity index (χ4v) is 2.92. The molecule has 3 rings (SSSR count). The summed E-state index contributed by atoms with van der Waals surface area (Å²) >= 11 is 5.87. The second-order valence-corrected chi connectivity index (χ2v) is 6.89. The molecule has 0 spiro atoms. The Labute approximate surface area is 166 Å². The maximum Gasteiger partial charge on any atom is 0.318 e. The molecule has 0 aliphatic carbocycles. The Morgan fingerprint density at radius 1 is 1.36 bits per heavy atom. The molecule has 1 aromatic carbocycles. The molecule has 2 atom stereocenters. The van der Waals surface area contributed by atoms with Crippen molar-refractivity contribution in [3.63, 3.8) is 0 Å². The highest BCUT2D eigenvalue weighted by molar-refractivity contribution is 6.30. The monoisotopic (exact) mass is 411 g/mol. The van der Waals surface area contributed by atoms with Crippen LogP contribution in [0.4, 0.5) is 13.6 Å². The number of alkyl halides is 2. The summed E-state index contributed by atoms with van der Waals surface area (Å²) in [7, 11) is 1.53. The molecular formula is C19H20ClF2N3O3. The minimum atomic E-state index is -3.09. The Bertz CT molecular complexity index is 793. The lowest BCUT2D eigenvalue weighted by Crippen LogP contribution is -2.51. The third-order valence-corrected chi connectivity index (χ3v) is 4.74. The lowest BCUT2D eigenvalue weighted by atomic mass is 10.1. The van der Waals surface area contributed by atoms with E-state index in [1.54, 1.807) is 48.8 Å². The van der Waals surface area contributed by atoms with E-state index in [1.165, 1.54) is 11.9 Å². The third-order valence-electron chi connectivity index (χ3n) is 4.49. The number of carbonyl (C=O) groups is 1. The van der Waals surface area contributed by atoms with Crippen LogP contribution in [0.15, 0.2) is 48.8 Å².